The van der Waals surface area contributed by atoms with E-state index in [1.165, 1.54) is 0 Å². The second-order valence-electron chi connectivity index (χ2n) is 4.72. The molecule has 0 saturated carbocycles. The fourth-order valence-corrected chi connectivity index (χ4v) is 2.06. The molecule has 1 heterocycles. The van der Waals surface area contributed by atoms with Crippen molar-refractivity contribution >= 4 is 5.69 Å². The SMILES string of the molecule is Nc1ccc(-c2cn(Cc3ccc(O)cc3)cn2)cc1. The molecule has 0 amide bonds. The largest absolute Gasteiger partial charge is 0.508 e. The van der Waals surface area contributed by atoms with E-state index in [0.717, 1.165) is 29.1 Å². The number of nitrogens with zero attached hydrogens (tertiary/aromatic N) is 2. The molecule has 1 aromatic heterocycles. The lowest BCUT2D eigenvalue weighted by molar-refractivity contribution is 0.475. The average molecular weight is 265 g/mol. The first kappa shape index (κ1) is 12.3. The number of aromatic nitrogens is 2. The zero-order valence-electron chi connectivity index (χ0n) is 10.9. The van der Waals surface area contributed by atoms with Gasteiger partial charge in [0.25, 0.3) is 0 Å². The summed E-state index contributed by atoms with van der Waals surface area (Å²) in [5.41, 5.74) is 9.51. The summed E-state index contributed by atoms with van der Waals surface area (Å²) in [7, 11) is 0. The van der Waals surface area contributed by atoms with E-state index in [0.29, 0.717) is 0 Å². The number of nitrogens with two attached hydrogens (primary N) is 1. The number of anilines is 1. The monoisotopic (exact) mass is 265 g/mol. The number of hydrogen-bond donors (Lipinski definition) is 2. The normalized spacial score (nSPS) is 10.6. The molecule has 0 aliphatic rings. The van der Waals surface area contributed by atoms with Crippen LogP contribution in [0.25, 0.3) is 11.3 Å². The van der Waals surface area contributed by atoms with Crippen LogP contribution in [0, 0.1) is 0 Å². The minimum atomic E-state index is 0.280. The Labute approximate surface area is 117 Å². The van der Waals surface area contributed by atoms with Crippen molar-refractivity contribution in [1.29, 1.82) is 0 Å². The maximum atomic E-state index is 9.27. The molecule has 0 saturated heterocycles. The molecule has 4 nitrogen and oxygen atoms in total. The molecule has 0 spiro atoms. The molecule has 2 aromatic carbocycles. The molecule has 3 aromatic rings. The van der Waals surface area contributed by atoms with Gasteiger partial charge in [-0.1, -0.05) is 24.3 Å². The van der Waals surface area contributed by atoms with E-state index < -0.39 is 0 Å². The Balaban J connectivity index is 1.80. The molecular weight excluding hydrogens is 250 g/mol. The number of phenolic OH excluding ortho intramolecular Hbond substituents is 1. The summed E-state index contributed by atoms with van der Waals surface area (Å²) in [6, 6.07) is 14.8. The Kier molecular flexibility index (Phi) is 3.13. The van der Waals surface area contributed by atoms with Crippen LogP contribution >= 0.6 is 0 Å². The van der Waals surface area contributed by atoms with Crippen molar-refractivity contribution in [2.24, 2.45) is 0 Å². The highest BCUT2D eigenvalue weighted by Crippen LogP contribution is 2.19. The zero-order valence-corrected chi connectivity index (χ0v) is 10.9. The predicted molar refractivity (Wildman–Crippen MR) is 79.3 cm³/mol. The van der Waals surface area contributed by atoms with Gasteiger partial charge in [-0.05, 0) is 29.8 Å². The lowest BCUT2D eigenvalue weighted by Crippen LogP contribution is -1.95. The number of phenols is 1. The van der Waals surface area contributed by atoms with Gasteiger partial charge in [-0.2, -0.15) is 0 Å². The smallest absolute Gasteiger partial charge is 0.115 e. The van der Waals surface area contributed by atoms with Crippen LogP contribution in [0.3, 0.4) is 0 Å². The highest BCUT2D eigenvalue weighted by Gasteiger charge is 2.02. The Morgan fingerprint density at radius 1 is 1.00 bits per heavy atom. The van der Waals surface area contributed by atoms with Crippen molar-refractivity contribution in [3.8, 4) is 17.0 Å². The highest BCUT2D eigenvalue weighted by molar-refractivity contribution is 5.61. The molecule has 100 valence electrons. The minimum Gasteiger partial charge on any atom is -0.508 e. The van der Waals surface area contributed by atoms with Gasteiger partial charge in [0.05, 0.1) is 12.0 Å². The van der Waals surface area contributed by atoms with Crippen molar-refractivity contribution in [2.75, 3.05) is 5.73 Å². The first-order valence-electron chi connectivity index (χ1n) is 6.36. The average Bonchev–Trinajstić information content (AvgIpc) is 2.91. The summed E-state index contributed by atoms with van der Waals surface area (Å²) in [5.74, 6) is 0.280. The Morgan fingerprint density at radius 3 is 2.40 bits per heavy atom. The number of nitrogen functional groups attached to an aromatic ring is 1. The van der Waals surface area contributed by atoms with E-state index >= 15 is 0 Å². The van der Waals surface area contributed by atoms with Crippen LogP contribution in [0.5, 0.6) is 5.75 Å². The van der Waals surface area contributed by atoms with Gasteiger partial charge < -0.3 is 15.4 Å². The van der Waals surface area contributed by atoms with E-state index in [9.17, 15) is 5.11 Å². The summed E-state index contributed by atoms with van der Waals surface area (Å²) in [5, 5.41) is 9.27. The lowest BCUT2D eigenvalue weighted by atomic mass is 10.1. The molecule has 0 aliphatic carbocycles. The van der Waals surface area contributed by atoms with E-state index in [2.05, 4.69) is 4.98 Å². The predicted octanol–water partition coefficient (Wildman–Crippen LogP) is 2.89. The summed E-state index contributed by atoms with van der Waals surface area (Å²) in [6.45, 7) is 0.724. The molecule has 20 heavy (non-hydrogen) atoms. The second kappa shape index (κ2) is 5.09. The van der Waals surface area contributed by atoms with Gasteiger partial charge in [-0.3, -0.25) is 0 Å². The second-order valence-corrected chi connectivity index (χ2v) is 4.72. The van der Waals surface area contributed by atoms with Crippen LogP contribution in [0.2, 0.25) is 0 Å². The van der Waals surface area contributed by atoms with Gasteiger partial charge in [0.15, 0.2) is 0 Å². The summed E-state index contributed by atoms with van der Waals surface area (Å²) >= 11 is 0. The standard InChI is InChI=1S/C16H15N3O/c17-14-5-3-13(4-6-14)16-10-19(11-18-16)9-12-1-7-15(20)8-2-12/h1-8,10-11,20H,9,17H2. The molecule has 4 heteroatoms. The number of aromatic hydroxyl groups is 1. The van der Waals surface area contributed by atoms with Gasteiger partial charge in [0, 0.05) is 24.0 Å². The zero-order chi connectivity index (χ0) is 13.9. The number of hydrogen-bond acceptors (Lipinski definition) is 3. The van der Waals surface area contributed by atoms with Crippen LogP contribution < -0.4 is 5.73 Å². The summed E-state index contributed by atoms with van der Waals surface area (Å²) in [6.07, 6.45) is 3.80. The minimum absolute atomic E-state index is 0.280. The molecule has 0 atom stereocenters. The number of rotatable bonds is 3. The fraction of sp³-hybridized carbons (Fsp3) is 0.0625. The summed E-state index contributed by atoms with van der Waals surface area (Å²) < 4.78 is 2.01. The van der Waals surface area contributed by atoms with Crippen LogP contribution in [-0.2, 0) is 6.54 Å². The molecular formula is C16H15N3O. The quantitative estimate of drug-likeness (QED) is 0.716. The first-order chi connectivity index (χ1) is 9.70. The molecule has 0 fully saturated rings. The molecule has 0 radical (unpaired) electrons. The van der Waals surface area contributed by atoms with E-state index in [1.54, 1.807) is 18.5 Å². The Bertz CT molecular complexity index is 699. The Hall–Kier alpha value is -2.75. The van der Waals surface area contributed by atoms with E-state index in [4.69, 9.17) is 5.73 Å². The van der Waals surface area contributed by atoms with Crippen molar-refractivity contribution in [3.63, 3.8) is 0 Å². The fourth-order valence-electron chi connectivity index (χ4n) is 2.06. The van der Waals surface area contributed by atoms with Gasteiger partial charge in [-0.25, -0.2) is 4.98 Å². The lowest BCUT2D eigenvalue weighted by Gasteiger charge is -2.02. The highest BCUT2D eigenvalue weighted by atomic mass is 16.3. The van der Waals surface area contributed by atoms with E-state index in [1.807, 2.05) is 47.2 Å². The number of benzene rings is 2. The van der Waals surface area contributed by atoms with Gasteiger partial charge in [-0.15, -0.1) is 0 Å². The molecule has 3 N–H and O–H groups in total. The van der Waals surface area contributed by atoms with Crippen LogP contribution in [0.15, 0.2) is 61.1 Å². The van der Waals surface area contributed by atoms with Crippen molar-refractivity contribution in [2.45, 2.75) is 6.54 Å². The molecule has 0 unspecified atom stereocenters. The van der Waals surface area contributed by atoms with Crippen molar-refractivity contribution in [3.05, 3.63) is 66.6 Å². The van der Waals surface area contributed by atoms with Crippen LogP contribution in [0.4, 0.5) is 5.69 Å². The third-order valence-electron chi connectivity index (χ3n) is 3.14. The van der Waals surface area contributed by atoms with Gasteiger partial charge >= 0.3 is 0 Å². The van der Waals surface area contributed by atoms with Crippen LogP contribution in [0.1, 0.15) is 5.56 Å². The maximum absolute atomic E-state index is 9.27. The third-order valence-corrected chi connectivity index (χ3v) is 3.14. The van der Waals surface area contributed by atoms with E-state index in [-0.39, 0.29) is 5.75 Å². The third kappa shape index (κ3) is 2.64. The van der Waals surface area contributed by atoms with Gasteiger partial charge in [0.1, 0.15) is 5.75 Å². The Morgan fingerprint density at radius 2 is 1.70 bits per heavy atom. The molecule has 0 bridgehead atoms. The number of imidazole rings is 1. The summed E-state index contributed by atoms with van der Waals surface area (Å²) in [4.78, 5) is 4.40. The molecule has 0 aliphatic heterocycles. The van der Waals surface area contributed by atoms with Crippen molar-refractivity contribution < 1.29 is 5.11 Å². The molecule has 3 rings (SSSR count). The maximum Gasteiger partial charge on any atom is 0.115 e. The van der Waals surface area contributed by atoms with Crippen LogP contribution in [-0.4, -0.2) is 14.7 Å². The van der Waals surface area contributed by atoms with Gasteiger partial charge in [0.2, 0.25) is 0 Å². The van der Waals surface area contributed by atoms with Crippen molar-refractivity contribution in [1.82, 2.24) is 9.55 Å². The first-order valence-corrected chi connectivity index (χ1v) is 6.36. The topological polar surface area (TPSA) is 64.1 Å².